The minimum atomic E-state index is -0.907. The number of nitrogens with two attached hydrogens (primary N) is 4. The highest BCUT2D eigenvalue weighted by Gasteiger charge is 2.43. The van der Waals surface area contributed by atoms with E-state index < -0.39 is 29.4 Å². The Morgan fingerprint density at radius 3 is 2.21 bits per heavy atom. The van der Waals surface area contributed by atoms with E-state index in [1.165, 1.54) is 10.0 Å². The normalized spacial score (nSPS) is 30.9. The van der Waals surface area contributed by atoms with Gasteiger partial charge in [0.1, 0.15) is 6.79 Å². The minimum absolute atomic E-state index is 0.000175. The van der Waals surface area contributed by atoms with Crippen molar-refractivity contribution in [1.29, 1.82) is 0 Å². The summed E-state index contributed by atoms with van der Waals surface area (Å²) in [6.45, 7) is 7.66. The van der Waals surface area contributed by atoms with Crippen LogP contribution in [-0.2, 0) is 28.7 Å². The van der Waals surface area contributed by atoms with Gasteiger partial charge in [-0.3, -0.25) is 29.4 Å². The van der Waals surface area contributed by atoms with Crippen LogP contribution in [0.1, 0.15) is 111 Å². The molecule has 1 saturated heterocycles. The number of Topliss-reactive ketones (excluding diaryl/α,β-unsaturated/α-hetero) is 1. The van der Waals surface area contributed by atoms with E-state index in [0.717, 1.165) is 50.0 Å². The predicted octanol–water partition coefficient (Wildman–Crippen LogP) is 1.73. The third kappa shape index (κ3) is 9.19. The fourth-order valence-electron chi connectivity index (χ4n) is 8.04. The summed E-state index contributed by atoms with van der Waals surface area (Å²) in [6.07, 6.45) is 8.68. The van der Waals surface area contributed by atoms with Gasteiger partial charge in [0.05, 0.1) is 42.3 Å². The highest BCUT2D eigenvalue weighted by atomic mass is 16.7. The number of rotatable bonds is 12. The maximum absolute atomic E-state index is 13.5. The van der Waals surface area contributed by atoms with Gasteiger partial charge in [0.25, 0.3) is 0 Å². The molecular formula is C32H58N8O7. The Labute approximate surface area is 278 Å². The molecule has 6 unspecified atom stereocenters. The average molecular weight is 667 g/mol. The van der Waals surface area contributed by atoms with Gasteiger partial charge in [0, 0.05) is 18.4 Å². The van der Waals surface area contributed by atoms with Gasteiger partial charge in [-0.15, -0.1) is 0 Å². The lowest BCUT2D eigenvalue weighted by Gasteiger charge is -2.41. The van der Waals surface area contributed by atoms with Crippen LogP contribution in [0.4, 0.5) is 4.79 Å². The second-order valence-corrected chi connectivity index (χ2v) is 14.8. The fraction of sp³-hybridized carbons (Fsp3) is 0.875. The van der Waals surface area contributed by atoms with Crippen LogP contribution in [0, 0.1) is 17.8 Å². The van der Waals surface area contributed by atoms with Crippen LogP contribution in [0.3, 0.4) is 0 Å². The van der Waals surface area contributed by atoms with E-state index in [0.29, 0.717) is 31.6 Å². The quantitative estimate of drug-likeness (QED) is 0.114. The molecule has 1 heterocycles. The zero-order valence-corrected chi connectivity index (χ0v) is 28.6. The van der Waals surface area contributed by atoms with E-state index in [4.69, 9.17) is 32.9 Å². The molecule has 268 valence electrons. The van der Waals surface area contributed by atoms with Crippen LogP contribution in [0.5, 0.6) is 0 Å². The Balaban J connectivity index is 1.27. The van der Waals surface area contributed by atoms with Crippen molar-refractivity contribution in [1.82, 2.24) is 20.3 Å². The molecule has 15 nitrogen and oxygen atoms in total. The summed E-state index contributed by atoms with van der Waals surface area (Å²) in [7, 11) is 0. The van der Waals surface area contributed by atoms with Crippen molar-refractivity contribution in [2.75, 3.05) is 6.79 Å². The van der Waals surface area contributed by atoms with Crippen molar-refractivity contribution in [3.63, 3.8) is 0 Å². The molecule has 3 amide bonds. The van der Waals surface area contributed by atoms with Gasteiger partial charge >= 0.3 is 12.0 Å². The van der Waals surface area contributed by atoms with Crippen molar-refractivity contribution in [3.05, 3.63) is 0 Å². The highest BCUT2D eigenvalue weighted by Crippen LogP contribution is 2.36. The standard InChI is InChI=1S/C32H58N8O7/c1-19-7-5-6-8-24(19)40(35)31(44)38(33)23-12-10-22(11-13-23)37-32(3,4)28(41)15-20(2)30(43)39(34)25(17-29(42)47-36)21-9-14-26-27(16-21)46-18-45-26/h19-27,37H,5-18,33-36H2,1-4H3/t19?,20?,21?,22?,23?,24?,25-,26?,27?/m0/s1. The molecule has 4 rings (SSSR count). The van der Waals surface area contributed by atoms with Gasteiger partial charge < -0.3 is 19.6 Å². The summed E-state index contributed by atoms with van der Waals surface area (Å²) < 4.78 is 11.3. The van der Waals surface area contributed by atoms with Crippen molar-refractivity contribution in [3.8, 4) is 0 Å². The van der Waals surface area contributed by atoms with Gasteiger partial charge in [0.2, 0.25) is 5.91 Å². The number of carbonyl (C=O) groups is 4. The summed E-state index contributed by atoms with van der Waals surface area (Å²) in [6, 6.07) is -1.10. The summed E-state index contributed by atoms with van der Waals surface area (Å²) in [5.41, 5.74) is -0.907. The number of hydrogen-bond donors (Lipinski definition) is 5. The number of ether oxygens (including phenoxy) is 2. The van der Waals surface area contributed by atoms with E-state index in [1.54, 1.807) is 6.92 Å². The number of hydrogen-bond acceptors (Lipinski definition) is 12. The SMILES string of the molecule is CC(CC(=O)C(C)(C)NC1CCC(N(N)C(=O)N(N)C2CCCCC2C)CC1)C(=O)N(N)[C@@H](CC(=O)ON)C1CCC2OCOC2C1. The first-order chi connectivity index (χ1) is 22.2. The molecule has 0 aromatic heterocycles. The van der Waals surface area contributed by atoms with Gasteiger partial charge in [-0.1, -0.05) is 26.7 Å². The highest BCUT2D eigenvalue weighted by molar-refractivity contribution is 5.92. The molecule has 0 aromatic rings. The molecule has 9 N–H and O–H groups in total. The van der Waals surface area contributed by atoms with Gasteiger partial charge in [0.15, 0.2) is 5.78 Å². The van der Waals surface area contributed by atoms with Crippen LogP contribution >= 0.6 is 0 Å². The largest absolute Gasteiger partial charge is 0.373 e. The van der Waals surface area contributed by atoms with Gasteiger partial charge in [-0.25, -0.2) is 22.3 Å². The van der Waals surface area contributed by atoms with E-state index in [2.05, 4.69) is 17.1 Å². The predicted molar refractivity (Wildman–Crippen MR) is 173 cm³/mol. The molecule has 3 saturated carbocycles. The molecule has 0 spiro atoms. The number of fused-ring (bicyclic) bond motifs is 1. The number of nitrogens with one attached hydrogen (secondary N) is 1. The van der Waals surface area contributed by atoms with Crippen molar-refractivity contribution in [2.24, 2.45) is 41.2 Å². The van der Waals surface area contributed by atoms with E-state index in [9.17, 15) is 19.2 Å². The average Bonchev–Trinajstić information content (AvgIpc) is 3.54. The van der Waals surface area contributed by atoms with Crippen LogP contribution in [0.25, 0.3) is 0 Å². The minimum Gasteiger partial charge on any atom is -0.373 e. The first-order valence-corrected chi connectivity index (χ1v) is 17.4. The second kappa shape index (κ2) is 16.3. The Bertz CT molecular complexity index is 1100. The smallest absolute Gasteiger partial charge is 0.348 e. The molecule has 1 aliphatic heterocycles. The third-order valence-electron chi connectivity index (χ3n) is 11.1. The number of hydrazine groups is 3. The number of amides is 3. The number of ketones is 1. The molecule has 0 radical (unpaired) electrons. The molecule has 15 heteroatoms. The number of nitrogens with zero attached hydrogens (tertiary/aromatic N) is 3. The van der Waals surface area contributed by atoms with Crippen molar-refractivity contribution >= 4 is 23.7 Å². The summed E-state index contributed by atoms with van der Waals surface area (Å²) in [5, 5.41) is 7.19. The van der Waals surface area contributed by atoms with E-state index in [1.807, 2.05) is 13.8 Å². The Morgan fingerprint density at radius 1 is 0.894 bits per heavy atom. The monoisotopic (exact) mass is 666 g/mol. The number of urea groups is 1. The summed E-state index contributed by atoms with van der Waals surface area (Å²) >= 11 is 0. The molecule has 0 bridgehead atoms. The summed E-state index contributed by atoms with van der Waals surface area (Å²) in [5.74, 6) is 22.3. The zero-order chi connectivity index (χ0) is 34.5. The lowest BCUT2D eigenvalue weighted by Crippen LogP contribution is -2.60. The first-order valence-electron chi connectivity index (χ1n) is 17.4. The molecule has 3 aliphatic carbocycles. The second-order valence-electron chi connectivity index (χ2n) is 14.8. The topological polar surface area (TPSA) is 222 Å². The van der Waals surface area contributed by atoms with E-state index >= 15 is 0 Å². The lowest BCUT2D eigenvalue weighted by atomic mass is 9.79. The van der Waals surface area contributed by atoms with E-state index in [-0.39, 0.29) is 67.7 Å². The maximum atomic E-state index is 13.5. The van der Waals surface area contributed by atoms with Crippen molar-refractivity contribution < 1.29 is 33.5 Å². The molecule has 0 aromatic carbocycles. The first kappa shape index (κ1) is 37.4. The Morgan fingerprint density at radius 2 is 1.55 bits per heavy atom. The van der Waals surface area contributed by atoms with Crippen LogP contribution in [0.2, 0.25) is 0 Å². The third-order valence-corrected chi connectivity index (χ3v) is 11.1. The van der Waals surface area contributed by atoms with Gasteiger partial charge in [-0.05, 0) is 83.5 Å². The van der Waals surface area contributed by atoms with Crippen molar-refractivity contribution in [2.45, 2.75) is 153 Å². The fourth-order valence-corrected chi connectivity index (χ4v) is 8.04. The molecule has 7 atom stereocenters. The Kier molecular flexibility index (Phi) is 13.0. The molecule has 47 heavy (non-hydrogen) atoms. The number of carbonyl (C=O) groups excluding carboxylic acids is 4. The maximum Gasteiger partial charge on any atom is 0.348 e. The van der Waals surface area contributed by atoms with Crippen LogP contribution in [0.15, 0.2) is 0 Å². The molecular weight excluding hydrogens is 608 g/mol. The lowest BCUT2D eigenvalue weighted by molar-refractivity contribution is -0.150. The van der Waals surface area contributed by atoms with Gasteiger partial charge in [-0.2, -0.15) is 5.90 Å². The van der Waals surface area contributed by atoms with Crippen LogP contribution in [-0.4, -0.2) is 87.4 Å². The zero-order valence-electron chi connectivity index (χ0n) is 28.6. The molecule has 4 fully saturated rings. The molecule has 4 aliphatic rings. The summed E-state index contributed by atoms with van der Waals surface area (Å²) in [4.78, 5) is 56.8. The van der Waals surface area contributed by atoms with Crippen LogP contribution < -0.4 is 28.7 Å². The Hall–Kier alpha value is -2.40.